The van der Waals surface area contributed by atoms with Crippen LogP contribution < -0.4 is 20.3 Å². The Kier molecular flexibility index (Phi) is 5.34. The van der Waals surface area contributed by atoms with E-state index < -0.39 is 0 Å². The van der Waals surface area contributed by atoms with Crippen molar-refractivity contribution < 1.29 is 9.47 Å². The minimum Gasteiger partial charge on any atom is -0.493 e. The largest absolute Gasteiger partial charge is 0.493 e. The number of nitrogens with zero attached hydrogens (tertiary/aromatic N) is 3. The second-order valence-corrected chi connectivity index (χ2v) is 6.82. The van der Waals surface area contributed by atoms with E-state index in [9.17, 15) is 4.79 Å². The number of hydrogen-bond donors (Lipinski definition) is 1. The van der Waals surface area contributed by atoms with Gasteiger partial charge in [0.1, 0.15) is 11.2 Å². The van der Waals surface area contributed by atoms with Gasteiger partial charge in [-0.1, -0.05) is 30.3 Å². The minimum absolute atomic E-state index is 0.151. The van der Waals surface area contributed by atoms with Gasteiger partial charge in [-0.2, -0.15) is 0 Å². The summed E-state index contributed by atoms with van der Waals surface area (Å²) in [4.78, 5) is 22.0. The van der Waals surface area contributed by atoms with Crippen LogP contribution in [-0.4, -0.2) is 28.8 Å². The predicted molar refractivity (Wildman–Crippen MR) is 117 cm³/mol. The summed E-state index contributed by atoms with van der Waals surface area (Å²) in [7, 11) is 4.86. The lowest BCUT2D eigenvalue weighted by Gasteiger charge is -2.13. The fraction of sp³-hybridized carbons (Fsp3) is 0.174. The van der Waals surface area contributed by atoms with Gasteiger partial charge in [-0.25, -0.2) is 9.97 Å². The fourth-order valence-electron chi connectivity index (χ4n) is 3.27. The number of aromatic nitrogens is 3. The minimum atomic E-state index is -0.151. The number of ether oxygens (including phenoxy) is 2. The number of hydrogen-bond acceptors (Lipinski definition) is 6. The molecule has 0 saturated carbocycles. The molecule has 0 fully saturated rings. The average molecular weight is 402 g/mol. The van der Waals surface area contributed by atoms with Gasteiger partial charge >= 0.3 is 0 Å². The molecule has 4 aromatic rings. The van der Waals surface area contributed by atoms with E-state index in [1.54, 1.807) is 21.3 Å². The van der Waals surface area contributed by atoms with Gasteiger partial charge in [-0.3, -0.25) is 4.79 Å². The maximum atomic E-state index is 12.8. The van der Waals surface area contributed by atoms with Gasteiger partial charge in [-0.15, -0.1) is 0 Å². The molecule has 0 bridgehead atoms. The molecule has 0 amide bonds. The molecule has 7 heteroatoms. The van der Waals surface area contributed by atoms with E-state index in [2.05, 4.69) is 10.3 Å². The van der Waals surface area contributed by atoms with Crippen LogP contribution in [0.4, 0.5) is 5.82 Å². The van der Waals surface area contributed by atoms with E-state index in [1.165, 1.54) is 10.9 Å². The van der Waals surface area contributed by atoms with Crippen LogP contribution >= 0.6 is 0 Å². The molecule has 0 aliphatic rings. The van der Waals surface area contributed by atoms with Crippen LogP contribution in [0.15, 0.2) is 65.7 Å². The summed E-state index contributed by atoms with van der Waals surface area (Å²) in [5, 5.41) is 3.77. The number of pyridine rings is 1. The monoisotopic (exact) mass is 402 g/mol. The van der Waals surface area contributed by atoms with Crippen molar-refractivity contribution in [2.24, 2.45) is 7.05 Å². The Morgan fingerprint density at radius 2 is 1.77 bits per heavy atom. The molecule has 0 atom stereocenters. The highest BCUT2D eigenvalue weighted by Crippen LogP contribution is 2.33. The molecule has 1 N–H and O–H groups in total. The SMILES string of the molecule is COc1ccc(-c2cc3ncn(C)c(=O)c3c(NCc3ccccc3)n2)cc1OC. The molecule has 0 aliphatic carbocycles. The summed E-state index contributed by atoms with van der Waals surface area (Å²) in [5.41, 5.74) is 3.03. The van der Waals surface area contributed by atoms with Crippen molar-refractivity contribution in [2.75, 3.05) is 19.5 Å². The number of anilines is 1. The standard InChI is InChI=1S/C23H22N4O3/c1-27-14-25-18-12-17(16-9-10-19(29-2)20(11-16)30-3)26-22(21(18)23(27)28)24-13-15-7-5-4-6-8-15/h4-12,14H,13H2,1-3H3,(H,24,26). The second kappa shape index (κ2) is 8.24. The molecular formula is C23H22N4O3. The van der Waals surface area contributed by atoms with Crippen LogP contribution in [0.2, 0.25) is 0 Å². The molecule has 0 aliphatic heterocycles. The summed E-state index contributed by atoms with van der Waals surface area (Å²) in [5.74, 6) is 1.74. The first-order valence-corrected chi connectivity index (χ1v) is 9.47. The zero-order valence-electron chi connectivity index (χ0n) is 17.0. The summed E-state index contributed by atoms with van der Waals surface area (Å²) in [6.45, 7) is 0.538. The Hall–Kier alpha value is -3.87. The summed E-state index contributed by atoms with van der Waals surface area (Å²) < 4.78 is 12.2. The molecule has 2 aromatic heterocycles. The van der Waals surface area contributed by atoms with Gasteiger partial charge in [0.05, 0.1) is 31.8 Å². The maximum absolute atomic E-state index is 12.8. The van der Waals surface area contributed by atoms with Gasteiger partial charge in [0.25, 0.3) is 5.56 Å². The maximum Gasteiger partial charge on any atom is 0.264 e. The first-order chi connectivity index (χ1) is 14.6. The van der Waals surface area contributed by atoms with Crippen molar-refractivity contribution >= 4 is 16.7 Å². The summed E-state index contributed by atoms with van der Waals surface area (Å²) >= 11 is 0. The molecule has 0 spiro atoms. The zero-order chi connectivity index (χ0) is 21.1. The quantitative estimate of drug-likeness (QED) is 0.531. The lowest BCUT2D eigenvalue weighted by molar-refractivity contribution is 0.355. The summed E-state index contributed by atoms with van der Waals surface area (Å²) in [6, 6.07) is 17.3. The van der Waals surface area contributed by atoms with Crippen LogP contribution in [0.1, 0.15) is 5.56 Å². The van der Waals surface area contributed by atoms with Crippen molar-refractivity contribution in [1.29, 1.82) is 0 Å². The van der Waals surface area contributed by atoms with Crippen LogP contribution in [0.5, 0.6) is 11.5 Å². The van der Waals surface area contributed by atoms with Crippen LogP contribution in [0.3, 0.4) is 0 Å². The Labute approximate surface area is 173 Å². The van der Waals surface area contributed by atoms with Gasteiger partial charge in [0.2, 0.25) is 0 Å². The Morgan fingerprint density at radius 1 is 1.00 bits per heavy atom. The Morgan fingerprint density at radius 3 is 2.50 bits per heavy atom. The molecule has 0 saturated heterocycles. The number of methoxy groups -OCH3 is 2. The van der Waals surface area contributed by atoms with Crippen molar-refractivity contribution in [3.63, 3.8) is 0 Å². The third kappa shape index (κ3) is 3.69. The first kappa shape index (κ1) is 19.4. The van der Waals surface area contributed by atoms with E-state index in [0.717, 1.165) is 11.1 Å². The highest BCUT2D eigenvalue weighted by Gasteiger charge is 2.14. The van der Waals surface area contributed by atoms with Crippen molar-refractivity contribution in [3.05, 3.63) is 76.8 Å². The Balaban J connectivity index is 1.84. The van der Waals surface area contributed by atoms with Crippen LogP contribution in [0.25, 0.3) is 22.2 Å². The smallest absolute Gasteiger partial charge is 0.264 e. The molecule has 0 radical (unpaired) electrons. The highest BCUT2D eigenvalue weighted by molar-refractivity contribution is 5.91. The van der Waals surface area contributed by atoms with E-state index in [1.807, 2.05) is 54.6 Å². The first-order valence-electron chi connectivity index (χ1n) is 9.47. The number of rotatable bonds is 6. The van der Waals surface area contributed by atoms with Crippen molar-refractivity contribution in [1.82, 2.24) is 14.5 Å². The van der Waals surface area contributed by atoms with Crippen LogP contribution in [-0.2, 0) is 13.6 Å². The lowest BCUT2D eigenvalue weighted by atomic mass is 10.1. The van der Waals surface area contributed by atoms with Gasteiger partial charge < -0.3 is 19.4 Å². The van der Waals surface area contributed by atoms with Crippen molar-refractivity contribution in [2.45, 2.75) is 6.54 Å². The molecule has 7 nitrogen and oxygen atoms in total. The van der Waals surface area contributed by atoms with Gasteiger partial charge in [0, 0.05) is 19.2 Å². The number of benzene rings is 2. The van der Waals surface area contributed by atoms with E-state index in [-0.39, 0.29) is 5.56 Å². The second-order valence-electron chi connectivity index (χ2n) is 6.82. The van der Waals surface area contributed by atoms with Crippen molar-refractivity contribution in [3.8, 4) is 22.8 Å². The molecule has 0 unspecified atom stereocenters. The molecule has 2 aromatic carbocycles. The van der Waals surface area contributed by atoms with E-state index in [0.29, 0.717) is 40.5 Å². The Bertz CT molecular complexity index is 1250. The van der Waals surface area contributed by atoms with E-state index >= 15 is 0 Å². The number of aryl methyl sites for hydroxylation is 1. The molecule has 152 valence electrons. The zero-order valence-corrected chi connectivity index (χ0v) is 17.0. The molecule has 2 heterocycles. The third-order valence-corrected chi connectivity index (χ3v) is 4.88. The van der Waals surface area contributed by atoms with Gasteiger partial charge in [0.15, 0.2) is 11.5 Å². The average Bonchev–Trinajstić information content (AvgIpc) is 2.79. The molecule has 4 rings (SSSR count). The fourth-order valence-corrected chi connectivity index (χ4v) is 3.27. The van der Waals surface area contributed by atoms with E-state index in [4.69, 9.17) is 14.5 Å². The topological polar surface area (TPSA) is 78.3 Å². The lowest BCUT2D eigenvalue weighted by Crippen LogP contribution is -2.19. The predicted octanol–water partition coefficient (Wildman–Crippen LogP) is 3.62. The highest BCUT2D eigenvalue weighted by atomic mass is 16.5. The molecule has 30 heavy (non-hydrogen) atoms. The normalized spacial score (nSPS) is 10.8. The summed E-state index contributed by atoms with van der Waals surface area (Å²) in [6.07, 6.45) is 1.52. The number of nitrogens with one attached hydrogen (secondary N) is 1. The number of fused-ring (bicyclic) bond motifs is 1. The molecular weight excluding hydrogens is 380 g/mol. The van der Waals surface area contributed by atoms with Gasteiger partial charge in [-0.05, 0) is 29.8 Å². The van der Waals surface area contributed by atoms with Crippen LogP contribution in [0, 0.1) is 0 Å². The third-order valence-electron chi connectivity index (χ3n) is 4.88.